The number of hydrogen-bond acceptors (Lipinski definition) is 3. The van der Waals surface area contributed by atoms with Gasteiger partial charge in [-0.2, -0.15) is 0 Å². The first-order chi connectivity index (χ1) is 12.0. The van der Waals surface area contributed by atoms with E-state index in [4.69, 9.17) is 5.11 Å². The number of carboxylic acid groups (broad SMARTS) is 1. The highest BCUT2D eigenvalue weighted by atomic mass is 16.4. The fourth-order valence-corrected chi connectivity index (χ4v) is 3.14. The van der Waals surface area contributed by atoms with Gasteiger partial charge in [0.15, 0.2) is 0 Å². The smallest absolute Gasteiger partial charge is 0.310 e. The van der Waals surface area contributed by atoms with Crippen LogP contribution in [-0.2, 0) is 14.4 Å². The van der Waals surface area contributed by atoms with Crippen molar-refractivity contribution in [1.29, 1.82) is 0 Å². The van der Waals surface area contributed by atoms with Gasteiger partial charge >= 0.3 is 5.97 Å². The van der Waals surface area contributed by atoms with Gasteiger partial charge in [0.1, 0.15) is 0 Å². The fraction of sp³-hybridized carbons (Fsp3) is 0.526. The second kappa shape index (κ2) is 9.20. The van der Waals surface area contributed by atoms with Gasteiger partial charge in [-0.25, -0.2) is 0 Å². The van der Waals surface area contributed by atoms with Gasteiger partial charge in [0, 0.05) is 12.1 Å². The maximum Gasteiger partial charge on any atom is 0.310 e. The van der Waals surface area contributed by atoms with Crippen LogP contribution in [0.4, 0.5) is 5.69 Å². The van der Waals surface area contributed by atoms with Crippen molar-refractivity contribution in [1.82, 2.24) is 5.32 Å². The van der Waals surface area contributed by atoms with Gasteiger partial charge < -0.3 is 15.7 Å². The lowest BCUT2D eigenvalue weighted by Crippen LogP contribution is -2.32. The zero-order valence-electron chi connectivity index (χ0n) is 14.6. The van der Waals surface area contributed by atoms with Crippen LogP contribution < -0.4 is 10.6 Å². The highest BCUT2D eigenvalue weighted by Crippen LogP contribution is 2.28. The second-order valence-electron chi connectivity index (χ2n) is 6.70. The summed E-state index contributed by atoms with van der Waals surface area (Å²) < 4.78 is 0. The maximum absolute atomic E-state index is 12.0. The average Bonchev–Trinajstić information content (AvgIpc) is 3.11. The van der Waals surface area contributed by atoms with Gasteiger partial charge in [0.2, 0.25) is 11.8 Å². The van der Waals surface area contributed by atoms with Crippen molar-refractivity contribution in [3.05, 3.63) is 29.8 Å². The van der Waals surface area contributed by atoms with Crippen LogP contribution in [-0.4, -0.2) is 29.4 Å². The maximum atomic E-state index is 12.0. The van der Waals surface area contributed by atoms with Crippen molar-refractivity contribution in [2.75, 3.05) is 11.9 Å². The Morgan fingerprint density at radius 3 is 2.60 bits per heavy atom. The molecule has 3 N–H and O–H groups in total. The Morgan fingerprint density at radius 1 is 1.20 bits per heavy atom. The van der Waals surface area contributed by atoms with Crippen molar-refractivity contribution in [3.63, 3.8) is 0 Å². The quantitative estimate of drug-likeness (QED) is 0.674. The molecule has 0 aromatic heterocycles. The van der Waals surface area contributed by atoms with E-state index in [1.807, 2.05) is 0 Å². The summed E-state index contributed by atoms with van der Waals surface area (Å²) in [6, 6.07) is 6.74. The molecule has 25 heavy (non-hydrogen) atoms. The standard InChI is InChI=1S/C19H26N2O4/c1-13(19(24)25)15-7-4-8-16(11-15)21-18(23)12-20-17(22)10-9-14-5-2-3-6-14/h4,7-8,11,13-14H,2-3,5-6,9-10,12H2,1H3,(H,20,22)(H,21,23)(H,24,25). The summed E-state index contributed by atoms with van der Waals surface area (Å²) in [6.07, 6.45) is 6.28. The normalized spacial score (nSPS) is 15.6. The van der Waals surface area contributed by atoms with Crippen molar-refractivity contribution in [3.8, 4) is 0 Å². The number of carboxylic acids is 1. The minimum Gasteiger partial charge on any atom is -0.481 e. The molecule has 2 amide bonds. The first-order valence-electron chi connectivity index (χ1n) is 8.85. The molecule has 0 bridgehead atoms. The van der Waals surface area contributed by atoms with Crippen LogP contribution in [0.2, 0.25) is 0 Å². The van der Waals surface area contributed by atoms with Gasteiger partial charge in [0.25, 0.3) is 0 Å². The number of carbonyl (C=O) groups is 3. The molecule has 0 radical (unpaired) electrons. The number of benzene rings is 1. The summed E-state index contributed by atoms with van der Waals surface area (Å²) in [6.45, 7) is 1.51. The lowest BCUT2D eigenvalue weighted by Gasteiger charge is -2.11. The molecular formula is C19H26N2O4. The molecule has 6 heteroatoms. The second-order valence-corrected chi connectivity index (χ2v) is 6.70. The predicted octanol–water partition coefficient (Wildman–Crippen LogP) is 2.90. The minimum absolute atomic E-state index is 0.0811. The highest BCUT2D eigenvalue weighted by molar-refractivity contribution is 5.94. The van der Waals surface area contributed by atoms with E-state index in [1.54, 1.807) is 31.2 Å². The van der Waals surface area contributed by atoms with Crippen molar-refractivity contribution < 1.29 is 19.5 Å². The van der Waals surface area contributed by atoms with Crippen LogP contribution in [0.15, 0.2) is 24.3 Å². The van der Waals surface area contributed by atoms with Crippen molar-refractivity contribution in [2.45, 2.75) is 51.4 Å². The van der Waals surface area contributed by atoms with Gasteiger partial charge in [0.05, 0.1) is 12.5 Å². The Labute approximate surface area is 148 Å². The first kappa shape index (κ1) is 19.0. The van der Waals surface area contributed by atoms with Crippen LogP contribution >= 0.6 is 0 Å². The number of nitrogens with one attached hydrogen (secondary N) is 2. The van der Waals surface area contributed by atoms with Gasteiger partial charge in [-0.3, -0.25) is 14.4 Å². The molecule has 1 aromatic rings. The van der Waals surface area contributed by atoms with Gasteiger partial charge in [-0.05, 0) is 37.0 Å². The fourth-order valence-electron chi connectivity index (χ4n) is 3.14. The topological polar surface area (TPSA) is 95.5 Å². The van der Waals surface area contributed by atoms with E-state index < -0.39 is 11.9 Å². The van der Waals surface area contributed by atoms with Crippen LogP contribution in [0.3, 0.4) is 0 Å². The molecule has 1 unspecified atom stereocenters. The summed E-state index contributed by atoms with van der Waals surface area (Å²) in [5.74, 6) is -1.34. The van der Waals surface area contributed by atoms with Crippen LogP contribution in [0.5, 0.6) is 0 Å². The Balaban J connectivity index is 1.75. The SMILES string of the molecule is CC(C(=O)O)c1cccc(NC(=O)CNC(=O)CCC2CCCC2)c1. The Morgan fingerprint density at radius 2 is 1.92 bits per heavy atom. The summed E-state index contributed by atoms with van der Waals surface area (Å²) in [7, 11) is 0. The third-order valence-electron chi connectivity index (χ3n) is 4.74. The lowest BCUT2D eigenvalue weighted by molar-refractivity contribution is -0.138. The van der Waals surface area contributed by atoms with Gasteiger partial charge in [-0.1, -0.05) is 37.8 Å². The van der Waals surface area contributed by atoms with E-state index in [-0.39, 0.29) is 18.4 Å². The number of hydrogen-bond donors (Lipinski definition) is 3. The predicted molar refractivity (Wildman–Crippen MR) is 95.3 cm³/mol. The molecule has 1 aromatic carbocycles. The summed E-state index contributed by atoms with van der Waals surface area (Å²) in [5, 5.41) is 14.4. The van der Waals surface area contributed by atoms with E-state index >= 15 is 0 Å². The van der Waals surface area contributed by atoms with Crippen molar-refractivity contribution in [2.24, 2.45) is 5.92 Å². The van der Waals surface area contributed by atoms with E-state index in [2.05, 4.69) is 10.6 Å². The third kappa shape index (κ3) is 6.21. The molecule has 0 aliphatic heterocycles. The zero-order valence-corrected chi connectivity index (χ0v) is 14.6. The Bertz CT molecular complexity index is 624. The van der Waals surface area contributed by atoms with E-state index in [0.717, 1.165) is 6.42 Å². The minimum atomic E-state index is -0.919. The Hall–Kier alpha value is -2.37. The molecule has 1 aliphatic rings. The molecular weight excluding hydrogens is 320 g/mol. The molecule has 0 spiro atoms. The molecule has 1 saturated carbocycles. The van der Waals surface area contributed by atoms with E-state index in [1.165, 1.54) is 25.7 Å². The molecule has 1 fully saturated rings. The number of carbonyl (C=O) groups excluding carboxylic acids is 2. The lowest BCUT2D eigenvalue weighted by atomic mass is 10.0. The number of anilines is 1. The van der Waals surface area contributed by atoms with Crippen molar-refractivity contribution >= 4 is 23.5 Å². The molecule has 2 rings (SSSR count). The largest absolute Gasteiger partial charge is 0.481 e. The third-order valence-corrected chi connectivity index (χ3v) is 4.74. The van der Waals surface area contributed by atoms with Gasteiger partial charge in [-0.15, -0.1) is 0 Å². The number of aliphatic carboxylic acids is 1. The number of amides is 2. The van der Waals surface area contributed by atoms with Crippen LogP contribution in [0, 0.1) is 5.92 Å². The zero-order chi connectivity index (χ0) is 18.2. The van der Waals surface area contributed by atoms with Crippen LogP contribution in [0.1, 0.15) is 56.9 Å². The number of rotatable bonds is 8. The molecule has 136 valence electrons. The van der Waals surface area contributed by atoms with Crippen LogP contribution in [0.25, 0.3) is 0 Å². The summed E-state index contributed by atoms with van der Waals surface area (Å²) in [5.41, 5.74) is 1.14. The first-order valence-corrected chi connectivity index (χ1v) is 8.85. The van der Waals surface area contributed by atoms with E-state index in [0.29, 0.717) is 23.6 Å². The molecule has 6 nitrogen and oxygen atoms in total. The Kier molecular flexibility index (Phi) is 6.98. The summed E-state index contributed by atoms with van der Waals surface area (Å²) >= 11 is 0. The average molecular weight is 346 g/mol. The van der Waals surface area contributed by atoms with E-state index in [9.17, 15) is 14.4 Å². The summed E-state index contributed by atoms with van der Waals surface area (Å²) in [4.78, 5) is 34.8. The molecule has 1 atom stereocenters. The molecule has 0 heterocycles. The molecule has 1 aliphatic carbocycles. The molecule has 0 saturated heterocycles. The highest BCUT2D eigenvalue weighted by Gasteiger charge is 2.17. The monoisotopic (exact) mass is 346 g/mol.